The summed E-state index contributed by atoms with van der Waals surface area (Å²) in [5.41, 5.74) is 10.1. The quantitative estimate of drug-likeness (QED) is 0.188. The van der Waals surface area contributed by atoms with Crippen LogP contribution in [0.4, 0.5) is 0 Å². The van der Waals surface area contributed by atoms with Gasteiger partial charge in [0, 0.05) is 49.9 Å². The molecule has 0 saturated heterocycles. The Labute approximate surface area is 287 Å². The number of benzene rings is 7. The molecule has 0 N–H and O–H groups in total. The van der Waals surface area contributed by atoms with Gasteiger partial charge < -0.3 is 8.98 Å². The highest BCUT2D eigenvalue weighted by Crippen LogP contribution is 2.41. The van der Waals surface area contributed by atoms with Gasteiger partial charge in [0.2, 0.25) is 0 Å². The van der Waals surface area contributed by atoms with Crippen molar-refractivity contribution in [1.82, 2.24) is 19.5 Å². The summed E-state index contributed by atoms with van der Waals surface area (Å²) in [7, 11) is 0. The average molecular weight is 641 g/mol. The van der Waals surface area contributed by atoms with E-state index in [4.69, 9.17) is 19.4 Å². The Hall–Kier alpha value is -6.85. The van der Waals surface area contributed by atoms with Crippen molar-refractivity contribution in [3.05, 3.63) is 170 Å². The van der Waals surface area contributed by atoms with Crippen LogP contribution in [0.5, 0.6) is 0 Å². The molecule has 0 unspecified atom stereocenters. The molecule has 0 amide bonds. The molecule has 0 radical (unpaired) electrons. The number of hydrogen-bond acceptors (Lipinski definition) is 4. The molecule has 0 aliphatic carbocycles. The maximum Gasteiger partial charge on any atom is 0.164 e. The summed E-state index contributed by atoms with van der Waals surface area (Å²) in [4.78, 5) is 14.8. The van der Waals surface area contributed by atoms with Gasteiger partial charge in [-0.2, -0.15) is 0 Å². The Morgan fingerprint density at radius 2 is 0.820 bits per heavy atom. The highest BCUT2D eigenvalue weighted by molar-refractivity contribution is 6.12. The molecule has 0 aliphatic rings. The lowest BCUT2D eigenvalue weighted by Crippen LogP contribution is -2.00. The fraction of sp³-hybridized carbons (Fsp3) is 0. The third kappa shape index (κ3) is 4.60. The first kappa shape index (κ1) is 28.2. The van der Waals surface area contributed by atoms with Crippen LogP contribution in [-0.2, 0) is 0 Å². The zero-order valence-electron chi connectivity index (χ0n) is 26.9. The van der Waals surface area contributed by atoms with E-state index >= 15 is 0 Å². The summed E-state index contributed by atoms with van der Waals surface area (Å²) >= 11 is 0. The van der Waals surface area contributed by atoms with Crippen LogP contribution >= 0.6 is 0 Å². The van der Waals surface area contributed by atoms with Gasteiger partial charge in [-0.1, -0.05) is 140 Å². The Balaban J connectivity index is 1.18. The molecular weight excluding hydrogens is 613 g/mol. The summed E-state index contributed by atoms with van der Waals surface area (Å²) < 4.78 is 8.81. The van der Waals surface area contributed by atoms with Crippen molar-refractivity contribution in [2.24, 2.45) is 0 Å². The Bertz CT molecular complexity index is 2740. The smallest absolute Gasteiger partial charge is 0.164 e. The van der Waals surface area contributed by atoms with Crippen molar-refractivity contribution >= 4 is 43.7 Å². The van der Waals surface area contributed by atoms with E-state index in [0.717, 1.165) is 66.5 Å². The molecule has 234 valence electrons. The minimum Gasteiger partial charge on any atom is -0.456 e. The van der Waals surface area contributed by atoms with E-state index in [1.807, 2.05) is 72.8 Å². The van der Waals surface area contributed by atoms with Crippen LogP contribution in [-0.4, -0.2) is 19.5 Å². The molecule has 0 atom stereocenters. The Kier molecular flexibility index (Phi) is 6.42. The first-order valence-electron chi connectivity index (χ1n) is 16.7. The van der Waals surface area contributed by atoms with Crippen molar-refractivity contribution in [3.8, 4) is 51.0 Å². The lowest BCUT2D eigenvalue weighted by atomic mass is 9.99. The molecule has 50 heavy (non-hydrogen) atoms. The number of hydrogen-bond donors (Lipinski definition) is 0. The van der Waals surface area contributed by atoms with Gasteiger partial charge in [0.25, 0.3) is 0 Å². The molecule has 5 nitrogen and oxygen atoms in total. The van der Waals surface area contributed by atoms with Crippen LogP contribution in [0.15, 0.2) is 174 Å². The fourth-order valence-corrected chi connectivity index (χ4v) is 7.10. The van der Waals surface area contributed by atoms with Crippen LogP contribution in [0.2, 0.25) is 0 Å². The zero-order chi connectivity index (χ0) is 33.0. The monoisotopic (exact) mass is 640 g/mol. The molecule has 7 aromatic carbocycles. The Morgan fingerprint density at radius 3 is 1.40 bits per heavy atom. The lowest BCUT2D eigenvalue weighted by molar-refractivity contribution is 0.668. The van der Waals surface area contributed by atoms with Gasteiger partial charge >= 0.3 is 0 Å². The van der Waals surface area contributed by atoms with E-state index in [0.29, 0.717) is 17.5 Å². The topological polar surface area (TPSA) is 56.7 Å². The molecule has 3 heterocycles. The molecule has 0 bridgehead atoms. The number of rotatable bonds is 5. The summed E-state index contributed by atoms with van der Waals surface area (Å²) in [6.07, 6.45) is 0. The summed E-state index contributed by atoms with van der Waals surface area (Å²) in [5.74, 6) is 1.91. The predicted octanol–water partition coefficient (Wildman–Crippen LogP) is 11.5. The van der Waals surface area contributed by atoms with E-state index in [2.05, 4.69) is 102 Å². The largest absolute Gasteiger partial charge is 0.456 e. The van der Waals surface area contributed by atoms with Gasteiger partial charge in [0.05, 0.1) is 16.7 Å². The highest BCUT2D eigenvalue weighted by Gasteiger charge is 2.19. The third-order valence-electron chi connectivity index (χ3n) is 9.47. The summed E-state index contributed by atoms with van der Waals surface area (Å²) in [6, 6.07) is 58.6. The summed E-state index contributed by atoms with van der Waals surface area (Å²) in [5, 5.41) is 4.61. The van der Waals surface area contributed by atoms with Gasteiger partial charge in [-0.25, -0.2) is 15.0 Å². The van der Waals surface area contributed by atoms with Gasteiger partial charge in [-0.05, 0) is 29.8 Å². The molecular formula is C45H28N4O. The average Bonchev–Trinajstić information content (AvgIpc) is 3.73. The number of fused-ring (bicyclic) bond motifs is 6. The molecule has 0 saturated carbocycles. The standard InChI is InChI=1S/C45H28N4O/c1-3-13-30(14-4-1)43-46-44(31-15-5-2-6-16-31)48-45(47-43)32-25-23-29(24-26-32)36-27-37-35-19-9-12-22-41(35)50-42(37)28-40(36)49-38-20-10-7-17-33(38)34-18-8-11-21-39(34)49/h1-28H. The van der Waals surface area contributed by atoms with E-state index < -0.39 is 0 Å². The Morgan fingerprint density at radius 1 is 0.360 bits per heavy atom. The van der Waals surface area contributed by atoms with Gasteiger partial charge in [0.15, 0.2) is 17.5 Å². The number of para-hydroxylation sites is 3. The molecule has 0 fully saturated rings. The van der Waals surface area contributed by atoms with Crippen molar-refractivity contribution in [1.29, 1.82) is 0 Å². The lowest BCUT2D eigenvalue weighted by Gasteiger charge is -2.15. The van der Waals surface area contributed by atoms with Crippen LogP contribution in [0.1, 0.15) is 0 Å². The highest BCUT2D eigenvalue weighted by atomic mass is 16.3. The predicted molar refractivity (Wildman–Crippen MR) is 203 cm³/mol. The second kappa shape index (κ2) is 11.4. The second-order valence-corrected chi connectivity index (χ2v) is 12.4. The maximum absolute atomic E-state index is 6.44. The molecule has 0 aliphatic heterocycles. The molecule has 0 spiro atoms. The van der Waals surface area contributed by atoms with E-state index in [-0.39, 0.29) is 0 Å². The minimum atomic E-state index is 0.628. The van der Waals surface area contributed by atoms with E-state index in [1.165, 1.54) is 10.8 Å². The van der Waals surface area contributed by atoms with Gasteiger partial charge in [-0.15, -0.1) is 0 Å². The first-order chi connectivity index (χ1) is 24.8. The number of aromatic nitrogens is 4. The van der Waals surface area contributed by atoms with E-state index in [1.54, 1.807) is 0 Å². The SMILES string of the molecule is c1ccc(-c2nc(-c3ccccc3)nc(-c3ccc(-c4cc5c(cc4-n4c6ccccc6c6ccccc64)oc4ccccc45)cc3)n2)cc1. The van der Waals surface area contributed by atoms with Crippen LogP contribution < -0.4 is 0 Å². The molecule has 10 rings (SSSR count). The van der Waals surface area contributed by atoms with Crippen molar-refractivity contribution in [2.45, 2.75) is 0 Å². The third-order valence-corrected chi connectivity index (χ3v) is 9.47. The van der Waals surface area contributed by atoms with Crippen LogP contribution in [0, 0.1) is 0 Å². The van der Waals surface area contributed by atoms with Crippen molar-refractivity contribution in [2.75, 3.05) is 0 Å². The van der Waals surface area contributed by atoms with Gasteiger partial charge in [-0.3, -0.25) is 0 Å². The molecule has 3 aromatic heterocycles. The maximum atomic E-state index is 6.44. The van der Waals surface area contributed by atoms with E-state index in [9.17, 15) is 0 Å². The first-order valence-corrected chi connectivity index (χ1v) is 16.7. The number of furan rings is 1. The summed E-state index contributed by atoms with van der Waals surface area (Å²) in [6.45, 7) is 0. The fourth-order valence-electron chi connectivity index (χ4n) is 7.10. The van der Waals surface area contributed by atoms with Crippen LogP contribution in [0.25, 0.3) is 94.7 Å². The minimum absolute atomic E-state index is 0.628. The van der Waals surface area contributed by atoms with Crippen molar-refractivity contribution < 1.29 is 4.42 Å². The molecule has 10 aromatic rings. The second-order valence-electron chi connectivity index (χ2n) is 12.4. The van der Waals surface area contributed by atoms with Crippen molar-refractivity contribution in [3.63, 3.8) is 0 Å². The molecule has 5 heteroatoms. The normalized spacial score (nSPS) is 11.6. The number of nitrogens with zero attached hydrogens (tertiary/aromatic N) is 4. The zero-order valence-corrected chi connectivity index (χ0v) is 26.9. The van der Waals surface area contributed by atoms with Gasteiger partial charge in [0.1, 0.15) is 11.2 Å². The van der Waals surface area contributed by atoms with Crippen LogP contribution in [0.3, 0.4) is 0 Å².